The number of nitrogens with zero attached hydrogens (tertiary/aromatic N) is 5. The van der Waals surface area contributed by atoms with Crippen molar-refractivity contribution in [3.05, 3.63) is 65.7 Å². The van der Waals surface area contributed by atoms with E-state index in [4.69, 9.17) is 4.74 Å². The topological polar surface area (TPSA) is 94.3 Å². The number of anilines is 1. The van der Waals surface area contributed by atoms with Gasteiger partial charge in [-0.05, 0) is 37.3 Å². The Balaban J connectivity index is 1.73. The summed E-state index contributed by atoms with van der Waals surface area (Å²) in [7, 11) is 1.48. The van der Waals surface area contributed by atoms with Gasteiger partial charge >= 0.3 is 0 Å². The van der Waals surface area contributed by atoms with E-state index < -0.39 is 11.7 Å². The Morgan fingerprint density at radius 1 is 1.11 bits per heavy atom. The van der Waals surface area contributed by atoms with Gasteiger partial charge in [-0.25, -0.2) is 13.9 Å². The number of rotatable bonds is 4. The molecule has 0 fully saturated rings. The number of aryl methyl sites for hydroxylation is 1. The van der Waals surface area contributed by atoms with Crippen LogP contribution in [0.1, 0.15) is 16.2 Å². The molecule has 1 amide bonds. The van der Waals surface area contributed by atoms with Crippen molar-refractivity contribution in [3.63, 3.8) is 0 Å². The van der Waals surface area contributed by atoms with Crippen LogP contribution < -0.4 is 10.1 Å². The number of halogens is 1. The second-order valence-electron chi connectivity index (χ2n) is 5.93. The van der Waals surface area contributed by atoms with Crippen molar-refractivity contribution in [3.8, 4) is 17.1 Å². The van der Waals surface area contributed by atoms with Crippen molar-refractivity contribution in [2.75, 3.05) is 12.4 Å². The van der Waals surface area contributed by atoms with Crippen molar-refractivity contribution < 1.29 is 13.9 Å². The lowest BCUT2D eigenvalue weighted by molar-refractivity contribution is 0.101. The molecule has 4 rings (SSSR count). The summed E-state index contributed by atoms with van der Waals surface area (Å²) in [6, 6.07) is 12.8. The van der Waals surface area contributed by atoms with Crippen LogP contribution in [0.2, 0.25) is 0 Å². The Morgan fingerprint density at radius 3 is 2.64 bits per heavy atom. The van der Waals surface area contributed by atoms with Gasteiger partial charge in [-0.3, -0.25) is 4.79 Å². The number of hydrogen-bond donors (Lipinski definition) is 1. The number of imidazole rings is 1. The van der Waals surface area contributed by atoms with Crippen molar-refractivity contribution in [2.45, 2.75) is 6.92 Å². The van der Waals surface area contributed by atoms with Crippen LogP contribution in [0.4, 0.5) is 10.2 Å². The first-order valence-electron chi connectivity index (χ1n) is 8.37. The zero-order chi connectivity index (χ0) is 19.7. The third-order valence-corrected chi connectivity index (χ3v) is 4.11. The molecular formula is C19H15FN6O2. The van der Waals surface area contributed by atoms with E-state index >= 15 is 0 Å². The van der Waals surface area contributed by atoms with Gasteiger partial charge in [0, 0.05) is 11.6 Å². The van der Waals surface area contributed by atoms with Gasteiger partial charge in [-0.15, -0.1) is 10.2 Å². The fraction of sp³-hybridized carbons (Fsp3) is 0.105. The van der Waals surface area contributed by atoms with Gasteiger partial charge < -0.3 is 10.1 Å². The second kappa shape index (κ2) is 7.03. The average molecular weight is 378 g/mol. The Bertz CT molecular complexity index is 1170. The van der Waals surface area contributed by atoms with Gasteiger partial charge in [-0.1, -0.05) is 12.1 Å². The van der Waals surface area contributed by atoms with E-state index in [0.29, 0.717) is 28.5 Å². The summed E-state index contributed by atoms with van der Waals surface area (Å²) in [5.74, 6) is -0.265. The number of amides is 1. The van der Waals surface area contributed by atoms with Crippen LogP contribution in [0.5, 0.6) is 5.88 Å². The highest BCUT2D eigenvalue weighted by molar-refractivity contribution is 6.03. The van der Waals surface area contributed by atoms with Crippen LogP contribution in [-0.4, -0.2) is 37.8 Å². The molecule has 3 aromatic heterocycles. The molecule has 0 aliphatic rings. The van der Waals surface area contributed by atoms with Gasteiger partial charge in [0.25, 0.3) is 5.91 Å². The monoisotopic (exact) mass is 378 g/mol. The first-order chi connectivity index (χ1) is 13.6. The highest BCUT2D eigenvalue weighted by Gasteiger charge is 2.19. The number of benzene rings is 1. The minimum absolute atomic E-state index is 0.228. The van der Waals surface area contributed by atoms with Crippen molar-refractivity contribution in [1.29, 1.82) is 0 Å². The first kappa shape index (κ1) is 17.5. The maximum Gasteiger partial charge on any atom is 0.277 e. The molecule has 0 unspecified atom stereocenters. The average Bonchev–Trinajstić information content (AvgIpc) is 3.04. The zero-order valence-electron chi connectivity index (χ0n) is 15.0. The van der Waals surface area contributed by atoms with E-state index in [9.17, 15) is 9.18 Å². The molecule has 1 N–H and O–H groups in total. The maximum absolute atomic E-state index is 14.1. The predicted octanol–water partition coefficient (Wildman–Crippen LogP) is 2.89. The Labute approximate surface area is 159 Å². The smallest absolute Gasteiger partial charge is 0.277 e. The van der Waals surface area contributed by atoms with Crippen LogP contribution in [0.15, 0.2) is 48.5 Å². The van der Waals surface area contributed by atoms with Gasteiger partial charge in [0.15, 0.2) is 17.2 Å². The molecule has 0 aliphatic carbocycles. The number of methoxy groups -OCH3 is 1. The lowest BCUT2D eigenvalue weighted by Gasteiger charge is -2.07. The number of nitrogens with one attached hydrogen (secondary N) is 1. The van der Waals surface area contributed by atoms with Crippen molar-refractivity contribution in [1.82, 2.24) is 24.8 Å². The number of hydrogen-bond acceptors (Lipinski definition) is 6. The fourth-order valence-corrected chi connectivity index (χ4v) is 2.79. The summed E-state index contributed by atoms with van der Waals surface area (Å²) in [6.45, 7) is 1.70. The summed E-state index contributed by atoms with van der Waals surface area (Å²) in [5.41, 5.74) is 1.91. The number of aromatic nitrogens is 5. The van der Waals surface area contributed by atoms with Crippen molar-refractivity contribution >= 4 is 17.4 Å². The van der Waals surface area contributed by atoms with E-state index in [0.717, 1.165) is 0 Å². The molecule has 0 saturated carbocycles. The molecule has 3 heterocycles. The summed E-state index contributed by atoms with van der Waals surface area (Å²) in [4.78, 5) is 17.1. The van der Waals surface area contributed by atoms with E-state index in [-0.39, 0.29) is 11.5 Å². The van der Waals surface area contributed by atoms with Gasteiger partial charge in [-0.2, -0.15) is 5.10 Å². The molecule has 1 aromatic carbocycles. The van der Waals surface area contributed by atoms with Crippen LogP contribution in [0.25, 0.3) is 16.9 Å². The second-order valence-corrected chi connectivity index (χ2v) is 5.93. The van der Waals surface area contributed by atoms with Crippen LogP contribution in [-0.2, 0) is 0 Å². The number of ether oxygens (including phenoxy) is 1. The number of carbonyl (C=O) groups is 1. The molecule has 0 bridgehead atoms. The highest BCUT2D eigenvalue weighted by Crippen LogP contribution is 2.22. The molecule has 8 nitrogen and oxygen atoms in total. The first-order valence-corrected chi connectivity index (χ1v) is 8.37. The standard InChI is InChI=1S/C19H15FN6O2/c1-11-18(19(27)22-15-8-10-17(28-2)24-23-15)26-16(21-11)9-7-14(25-26)12-5-3-4-6-13(12)20/h3-10H,1-2H3,(H,22,23,27). The van der Waals surface area contributed by atoms with E-state index in [1.165, 1.54) is 17.7 Å². The van der Waals surface area contributed by atoms with E-state index in [1.807, 2.05) is 0 Å². The number of fused-ring (bicyclic) bond motifs is 1. The van der Waals surface area contributed by atoms with Gasteiger partial charge in [0.1, 0.15) is 5.82 Å². The quantitative estimate of drug-likeness (QED) is 0.587. The Morgan fingerprint density at radius 2 is 1.93 bits per heavy atom. The van der Waals surface area contributed by atoms with Crippen LogP contribution in [0.3, 0.4) is 0 Å². The van der Waals surface area contributed by atoms with Crippen LogP contribution >= 0.6 is 0 Å². The summed E-state index contributed by atoms with van der Waals surface area (Å²) < 4.78 is 20.5. The largest absolute Gasteiger partial charge is 0.480 e. The van der Waals surface area contributed by atoms with Crippen molar-refractivity contribution in [2.24, 2.45) is 0 Å². The summed E-state index contributed by atoms with van der Waals surface area (Å²) >= 11 is 0. The fourth-order valence-electron chi connectivity index (χ4n) is 2.79. The van der Waals surface area contributed by atoms with E-state index in [2.05, 4.69) is 25.6 Å². The molecule has 28 heavy (non-hydrogen) atoms. The summed E-state index contributed by atoms with van der Waals surface area (Å²) in [5, 5.41) is 14.8. The molecule has 0 spiro atoms. The molecule has 140 valence electrons. The lowest BCUT2D eigenvalue weighted by Crippen LogP contribution is -2.17. The summed E-state index contributed by atoms with van der Waals surface area (Å²) in [6.07, 6.45) is 0. The number of carbonyl (C=O) groups excluding carboxylic acids is 1. The SMILES string of the molecule is COc1ccc(NC(=O)c2c(C)nc3ccc(-c4ccccc4F)nn23)nn1. The molecule has 0 aliphatic heterocycles. The molecule has 0 saturated heterocycles. The minimum Gasteiger partial charge on any atom is -0.480 e. The predicted molar refractivity (Wildman–Crippen MR) is 99.7 cm³/mol. The normalized spacial score (nSPS) is 10.8. The van der Waals surface area contributed by atoms with Gasteiger partial charge in [0.2, 0.25) is 5.88 Å². The lowest BCUT2D eigenvalue weighted by atomic mass is 10.1. The van der Waals surface area contributed by atoms with Gasteiger partial charge in [0.05, 0.1) is 18.5 Å². The van der Waals surface area contributed by atoms with Crippen LogP contribution in [0, 0.1) is 12.7 Å². The molecular weight excluding hydrogens is 363 g/mol. The Kier molecular flexibility index (Phi) is 4.40. The third-order valence-electron chi connectivity index (χ3n) is 4.11. The third kappa shape index (κ3) is 3.13. The molecule has 4 aromatic rings. The van der Waals surface area contributed by atoms with E-state index in [1.54, 1.807) is 49.4 Å². The highest BCUT2D eigenvalue weighted by atomic mass is 19.1. The maximum atomic E-state index is 14.1. The molecule has 0 radical (unpaired) electrons. The minimum atomic E-state index is -0.456. The Hall–Kier alpha value is -3.88. The molecule has 9 heteroatoms. The molecule has 0 atom stereocenters. The zero-order valence-corrected chi connectivity index (χ0v) is 15.0.